The summed E-state index contributed by atoms with van der Waals surface area (Å²) in [5, 5.41) is 21.1. The van der Waals surface area contributed by atoms with Gasteiger partial charge in [-0.2, -0.15) is 0 Å². The zero-order valence-electron chi connectivity index (χ0n) is 16.7. The number of Topliss-reactive ketones (excluding diaryl/α,β-unsaturated/α-hetero) is 1. The maximum atomic E-state index is 13.4. The van der Waals surface area contributed by atoms with Crippen molar-refractivity contribution in [3.8, 4) is 5.75 Å². The Balaban J connectivity index is 1.78. The first-order valence-corrected chi connectivity index (χ1v) is 9.58. The van der Waals surface area contributed by atoms with Crippen LogP contribution in [0.25, 0.3) is 11.0 Å². The molecular weight excluding hydrogens is 384 g/mol. The third-order valence-electron chi connectivity index (χ3n) is 5.19. The van der Waals surface area contributed by atoms with Crippen LogP contribution >= 0.6 is 0 Å². The van der Waals surface area contributed by atoms with Crippen molar-refractivity contribution >= 4 is 22.7 Å². The Bertz CT molecular complexity index is 1110. The highest BCUT2D eigenvalue weighted by molar-refractivity contribution is 6.16. The van der Waals surface area contributed by atoms with Crippen LogP contribution in [0.3, 0.4) is 0 Å². The van der Waals surface area contributed by atoms with Gasteiger partial charge in [0.1, 0.15) is 11.3 Å². The lowest BCUT2D eigenvalue weighted by atomic mass is 9.95. The summed E-state index contributed by atoms with van der Waals surface area (Å²) in [7, 11) is 3.76. The largest absolute Gasteiger partial charge is 0.508 e. The number of aliphatic hydroxyl groups is 1. The van der Waals surface area contributed by atoms with E-state index in [1.165, 1.54) is 17.0 Å². The summed E-state index contributed by atoms with van der Waals surface area (Å²) >= 11 is 0. The van der Waals surface area contributed by atoms with E-state index in [0.717, 1.165) is 5.39 Å². The Labute approximate surface area is 173 Å². The van der Waals surface area contributed by atoms with E-state index in [1.807, 2.05) is 31.1 Å². The zero-order chi connectivity index (χ0) is 21.4. The van der Waals surface area contributed by atoms with Crippen LogP contribution in [0, 0.1) is 0 Å². The van der Waals surface area contributed by atoms with Crippen LogP contribution in [0.1, 0.15) is 22.2 Å². The Kier molecular flexibility index (Phi) is 5.05. The third kappa shape index (κ3) is 3.44. The van der Waals surface area contributed by atoms with Crippen LogP contribution in [-0.4, -0.2) is 58.9 Å². The highest BCUT2D eigenvalue weighted by Gasteiger charge is 2.44. The number of ketones is 1. The van der Waals surface area contributed by atoms with E-state index in [-0.39, 0.29) is 17.1 Å². The molecule has 0 saturated carbocycles. The summed E-state index contributed by atoms with van der Waals surface area (Å²) < 4.78 is 5.69. The first-order chi connectivity index (χ1) is 14.4. The van der Waals surface area contributed by atoms with E-state index in [2.05, 4.69) is 0 Å². The molecule has 0 unspecified atom stereocenters. The van der Waals surface area contributed by atoms with Gasteiger partial charge in [0.25, 0.3) is 5.91 Å². The van der Waals surface area contributed by atoms with Crippen molar-refractivity contribution in [2.24, 2.45) is 0 Å². The molecule has 0 fully saturated rings. The van der Waals surface area contributed by atoms with E-state index in [1.54, 1.807) is 30.3 Å². The van der Waals surface area contributed by atoms with E-state index < -0.39 is 23.5 Å². The minimum Gasteiger partial charge on any atom is -0.508 e. The minimum absolute atomic E-state index is 0.0245. The van der Waals surface area contributed by atoms with E-state index >= 15 is 0 Å². The van der Waals surface area contributed by atoms with Gasteiger partial charge in [-0.1, -0.05) is 30.3 Å². The molecule has 154 valence electrons. The SMILES string of the molecule is CN(C)CCN1C(=O)C(O)=C(C(=O)c2cc3ccccc3o2)[C@@H]1c1ccc(O)cc1. The number of furan rings is 1. The number of phenols is 1. The van der Waals surface area contributed by atoms with Gasteiger partial charge in [0.05, 0.1) is 11.6 Å². The first kappa shape index (κ1) is 19.7. The van der Waals surface area contributed by atoms with E-state index in [4.69, 9.17) is 4.42 Å². The van der Waals surface area contributed by atoms with E-state index in [9.17, 15) is 19.8 Å². The predicted octanol–water partition coefficient (Wildman–Crippen LogP) is 3.28. The molecule has 1 aliphatic rings. The van der Waals surface area contributed by atoms with Gasteiger partial charge in [0.2, 0.25) is 5.78 Å². The van der Waals surface area contributed by atoms with Gasteiger partial charge < -0.3 is 24.4 Å². The number of likely N-dealkylation sites (N-methyl/N-ethyl adjacent to an activating group) is 1. The molecule has 7 heteroatoms. The van der Waals surface area contributed by atoms with Crippen LogP contribution in [0.2, 0.25) is 0 Å². The monoisotopic (exact) mass is 406 g/mol. The molecule has 1 aromatic heterocycles. The molecule has 7 nitrogen and oxygen atoms in total. The maximum absolute atomic E-state index is 13.4. The quantitative estimate of drug-likeness (QED) is 0.610. The number of rotatable bonds is 6. The number of amides is 1. The number of aliphatic hydroxyl groups excluding tert-OH is 1. The number of benzene rings is 2. The summed E-state index contributed by atoms with van der Waals surface area (Å²) in [4.78, 5) is 29.6. The second kappa shape index (κ2) is 7.68. The normalized spacial score (nSPS) is 16.8. The average molecular weight is 406 g/mol. The van der Waals surface area contributed by atoms with Crippen LogP contribution in [0.5, 0.6) is 5.75 Å². The van der Waals surface area contributed by atoms with Crippen molar-refractivity contribution in [2.45, 2.75) is 6.04 Å². The van der Waals surface area contributed by atoms with Crippen molar-refractivity contribution in [2.75, 3.05) is 27.2 Å². The lowest BCUT2D eigenvalue weighted by Crippen LogP contribution is -2.36. The fraction of sp³-hybridized carbons (Fsp3) is 0.217. The van der Waals surface area contributed by atoms with Crippen molar-refractivity contribution in [1.82, 2.24) is 9.80 Å². The summed E-state index contributed by atoms with van der Waals surface area (Å²) in [5.74, 6) is -1.58. The number of phenolic OH excluding ortho intramolecular Hbond substituents is 1. The van der Waals surface area contributed by atoms with Crippen LogP contribution < -0.4 is 0 Å². The molecule has 1 atom stereocenters. The molecule has 2 N–H and O–H groups in total. The molecule has 0 radical (unpaired) electrons. The molecule has 1 amide bonds. The number of carbonyl (C=O) groups is 2. The minimum atomic E-state index is -0.779. The molecule has 0 aliphatic carbocycles. The summed E-state index contributed by atoms with van der Waals surface area (Å²) in [5.41, 5.74) is 1.14. The molecule has 1 aliphatic heterocycles. The van der Waals surface area contributed by atoms with Crippen molar-refractivity contribution in [3.05, 3.63) is 77.3 Å². The molecule has 3 aromatic rings. The van der Waals surface area contributed by atoms with Crippen LogP contribution in [-0.2, 0) is 4.79 Å². The van der Waals surface area contributed by atoms with Gasteiger partial charge in [0, 0.05) is 18.5 Å². The number of hydrogen-bond donors (Lipinski definition) is 2. The van der Waals surface area contributed by atoms with Crippen molar-refractivity contribution in [1.29, 1.82) is 0 Å². The second-order valence-electron chi connectivity index (χ2n) is 7.54. The van der Waals surface area contributed by atoms with E-state index in [0.29, 0.717) is 24.2 Å². The van der Waals surface area contributed by atoms with Gasteiger partial charge in [-0.05, 0) is 43.9 Å². The number of nitrogens with zero attached hydrogens (tertiary/aromatic N) is 2. The standard InChI is InChI=1S/C23H22N2O5/c1-24(2)11-12-25-20(14-7-9-16(26)10-8-14)19(22(28)23(25)29)21(27)18-13-15-5-3-4-6-17(15)30-18/h3-10,13,20,26,28H,11-12H2,1-2H3/t20-/m0/s1. The molecule has 2 heterocycles. The Morgan fingerprint density at radius 1 is 1.10 bits per heavy atom. The number of carbonyl (C=O) groups excluding carboxylic acids is 2. The van der Waals surface area contributed by atoms with Gasteiger partial charge >= 0.3 is 0 Å². The number of aromatic hydroxyl groups is 1. The Morgan fingerprint density at radius 2 is 1.80 bits per heavy atom. The van der Waals surface area contributed by atoms with Crippen molar-refractivity contribution < 1.29 is 24.2 Å². The summed E-state index contributed by atoms with van der Waals surface area (Å²) in [6, 6.07) is 14.3. The average Bonchev–Trinajstić information content (AvgIpc) is 3.26. The third-order valence-corrected chi connectivity index (χ3v) is 5.19. The highest BCUT2D eigenvalue weighted by Crippen LogP contribution is 2.39. The van der Waals surface area contributed by atoms with Gasteiger partial charge in [-0.3, -0.25) is 9.59 Å². The second-order valence-corrected chi connectivity index (χ2v) is 7.54. The molecule has 4 rings (SSSR count). The molecule has 0 spiro atoms. The number of fused-ring (bicyclic) bond motifs is 1. The summed E-state index contributed by atoms with van der Waals surface area (Å²) in [6.45, 7) is 0.873. The molecule has 0 bridgehead atoms. The predicted molar refractivity (Wildman–Crippen MR) is 111 cm³/mol. The van der Waals surface area contributed by atoms with Crippen LogP contribution in [0.4, 0.5) is 0 Å². The lowest BCUT2D eigenvalue weighted by Gasteiger charge is -2.27. The number of hydrogen-bond acceptors (Lipinski definition) is 6. The van der Waals surface area contributed by atoms with Crippen LogP contribution in [0.15, 0.2) is 70.3 Å². The highest BCUT2D eigenvalue weighted by atomic mass is 16.3. The molecule has 2 aromatic carbocycles. The Hall–Kier alpha value is -3.58. The fourth-order valence-corrected chi connectivity index (χ4v) is 3.65. The number of para-hydroxylation sites is 1. The smallest absolute Gasteiger partial charge is 0.290 e. The van der Waals surface area contributed by atoms with Gasteiger partial charge in [0.15, 0.2) is 11.5 Å². The molecule has 30 heavy (non-hydrogen) atoms. The lowest BCUT2D eigenvalue weighted by molar-refractivity contribution is -0.129. The fourth-order valence-electron chi connectivity index (χ4n) is 3.65. The Morgan fingerprint density at radius 3 is 2.47 bits per heavy atom. The topological polar surface area (TPSA) is 94.2 Å². The maximum Gasteiger partial charge on any atom is 0.290 e. The molecular formula is C23H22N2O5. The van der Waals surface area contributed by atoms with Gasteiger partial charge in [-0.15, -0.1) is 0 Å². The van der Waals surface area contributed by atoms with Gasteiger partial charge in [-0.25, -0.2) is 0 Å². The summed E-state index contributed by atoms with van der Waals surface area (Å²) in [6.07, 6.45) is 0. The zero-order valence-corrected chi connectivity index (χ0v) is 16.7. The van der Waals surface area contributed by atoms with Crippen molar-refractivity contribution in [3.63, 3.8) is 0 Å². The molecule has 0 saturated heterocycles. The first-order valence-electron chi connectivity index (χ1n) is 9.58.